The number of benzene rings is 1. The van der Waals surface area contributed by atoms with Gasteiger partial charge in [-0.25, -0.2) is 4.99 Å². The van der Waals surface area contributed by atoms with Crippen molar-refractivity contribution in [1.82, 2.24) is 15.5 Å². The number of aliphatic hydroxyl groups is 1. The Balaban J connectivity index is 1.95. The molecule has 0 aliphatic carbocycles. The summed E-state index contributed by atoms with van der Waals surface area (Å²) >= 11 is 0. The first-order chi connectivity index (χ1) is 14.1. The van der Waals surface area contributed by atoms with Gasteiger partial charge in [0.15, 0.2) is 5.96 Å². The van der Waals surface area contributed by atoms with Crippen molar-refractivity contribution < 1.29 is 9.84 Å². The molecule has 1 aromatic carbocycles. The van der Waals surface area contributed by atoms with Crippen LogP contribution in [0.15, 0.2) is 29.3 Å². The predicted octanol–water partition coefficient (Wildman–Crippen LogP) is 2.91. The highest BCUT2D eigenvalue weighted by Crippen LogP contribution is 2.18. The molecule has 1 aliphatic heterocycles. The van der Waals surface area contributed by atoms with Gasteiger partial charge in [0, 0.05) is 32.7 Å². The van der Waals surface area contributed by atoms with Crippen LogP contribution >= 0.6 is 0 Å². The number of ether oxygens (including phenoxy) is 1. The molecular formula is C23H40N4O2. The van der Waals surface area contributed by atoms with Crippen molar-refractivity contribution in [2.75, 3.05) is 39.4 Å². The summed E-state index contributed by atoms with van der Waals surface area (Å²) in [5.41, 5.74) is 1.85. The minimum atomic E-state index is -0.669. The molecule has 2 rings (SSSR count). The molecule has 0 radical (unpaired) electrons. The number of rotatable bonds is 11. The predicted molar refractivity (Wildman–Crippen MR) is 120 cm³/mol. The standard InChI is InChI=1S/C23H40N4O2/c1-4-10-23(28,11-5-2)19-26-22(24-6-3)25-17-20-8-7-9-21(16-20)18-27-12-14-29-15-13-27/h7-9,16,28H,4-6,10-15,17-19H2,1-3H3,(H2,24,25,26). The van der Waals surface area contributed by atoms with Gasteiger partial charge in [-0.15, -0.1) is 0 Å². The summed E-state index contributed by atoms with van der Waals surface area (Å²) in [4.78, 5) is 7.18. The number of aliphatic imine (C=N–C) groups is 1. The lowest BCUT2D eigenvalue weighted by Crippen LogP contribution is -2.47. The average Bonchev–Trinajstić information content (AvgIpc) is 2.72. The van der Waals surface area contributed by atoms with E-state index in [9.17, 15) is 5.11 Å². The summed E-state index contributed by atoms with van der Waals surface area (Å²) in [5.74, 6) is 0.761. The molecule has 0 atom stereocenters. The normalized spacial score (nSPS) is 16.1. The molecule has 6 heteroatoms. The number of hydrogen-bond acceptors (Lipinski definition) is 4. The third kappa shape index (κ3) is 8.72. The smallest absolute Gasteiger partial charge is 0.191 e. The van der Waals surface area contributed by atoms with E-state index in [0.29, 0.717) is 13.1 Å². The molecule has 1 heterocycles. The summed E-state index contributed by atoms with van der Waals surface area (Å²) < 4.78 is 5.44. The van der Waals surface area contributed by atoms with Crippen LogP contribution in [0, 0.1) is 0 Å². The molecule has 6 nitrogen and oxygen atoms in total. The van der Waals surface area contributed by atoms with E-state index in [4.69, 9.17) is 9.73 Å². The summed E-state index contributed by atoms with van der Waals surface area (Å²) in [6.45, 7) is 12.8. The van der Waals surface area contributed by atoms with Crippen molar-refractivity contribution in [1.29, 1.82) is 0 Å². The maximum Gasteiger partial charge on any atom is 0.191 e. The van der Waals surface area contributed by atoms with E-state index in [2.05, 4.69) is 60.6 Å². The van der Waals surface area contributed by atoms with Crippen molar-refractivity contribution in [3.8, 4) is 0 Å². The Bertz CT molecular complexity index is 609. The van der Waals surface area contributed by atoms with Crippen molar-refractivity contribution in [3.05, 3.63) is 35.4 Å². The SMILES string of the molecule is CCCC(O)(CCC)CNC(=NCc1cccc(CN2CCOCC2)c1)NCC. The number of nitrogens with one attached hydrogen (secondary N) is 2. The number of morpholine rings is 1. The first-order valence-electron chi connectivity index (χ1n) is 11.2. The quantitative estimate of drug-likeness (QED) is 0.391. The summed E-state index contributed by atoms with van der Waals surface area (Å²) in [5, 5.41) is 17.5. The second kappa shape index (κ2) is 12.8. The van der Waals surface area contributed by atoms with Crippen molar-refractivity contribution >= 4 is 5.96 Å². The largest absolute Gasteiger partial charge is 0.388 e. The minimum absolute atomic E-state index is 0.525. The van der Waals surface area contributed by atoms with E-state index in [1.807, 2.05) is 0 Å². The lowest BCUT2D eigenvalue weighted by atomic mass is 9.93. The van der Waals surface area contributed by atoms with Gasteiger partial charge in [-0.2, -0.15) is 0 Å². The van der Waals surface area contributed by atoms with Gasteiger partial charge in [-0.1, -0.05) is 51.0 Å². The van der Waals surface area contributed by atoms with Crippen LogP contribution in [0.5, 0.6) is 0 Å². The Kier molecular flexibility index (Phi) is 10.5. The van der Waals surface area contributed by atoms with E-state index in [0.717, 1.165) is 71.0 Å². The van der Waals surface area contributed by atoms with Crippen molar-refractivity contribution in [2.45, 2.75) is 65.1 Å². The Labute approximate surface area is 176 Å². The maximum absolute atomic E-state index is 10.8. The van der Waals surface area contributed by atoms with Gasteiger partial charge in [0.1, 0.15) is 0 Å². The fourth-order valence-electron chi connectivity index (χ4n) is 3.84. The minimum Gasteiger partial charge on any atom is -0.388 e. The zero-order valence-corrected chi connectivity index (χ0v) is 18.5. The maximum atomic E-state index is 10.8. The monoisotopic (exact) mass is 404 g/mol. The molecule has 3 N–H and O–H groups in total. The van der Waals surface area contributed by atoms with Gasteiger partial charge in [-0.05, 0) is 30.9 Å². The molecule has 0 amide bonds. The lowest BCUT2D eigenvalue weighted by Gasteiger charge is -2.28. The molecular weight excluding hydrogens is 364 g/mol. The van der Waals surface area contributed by atoms with Gasteiger partial charge in [0.25, 0.3) is 0 Å². The lowest BCUT2D eigenvalue weighted by molar-refractivity contribution is 0.0257. The average molecular weight is 405 g/mol. The molecule has 1 aliphatic rings. The molecule has 1 aromatic rings. The van der Waals surface area contributed by atoms with Gasteiger partial charge in [0.2, 0.25) is 0 Å². The van der Waals surface area contributed by atoms with Crippen LogP contribution in [0.2, 0.25) is 0 Å². The molecule has 164 valence electrons. The van der Waals surface area contributed by atoms with E-state index >= 15 is 0 Å². The van der Waals surface area contributed by atoms with Gasteiger partial charge in [0.05, 0.1) is 25.4 Å². The number of nitrogens with zero attached hydrogens (tertiary/aromatic N) is 2. The second-order valence-corrected chi connectivity index (χ2v) is 7.98. The number of guanidine groups is 1. The van der Waals surface area contributed by atoms with Crippen molar-refractivity contribution in [2.24, 2.45) is 4.99 Å². The molecule has 0 spiro atoms. The summed E-state index contributed by atoms with van der Waals surface area (Å²) in [6, 6.07) is 8.66. The number of hydrogen-bond donors (Lipinski definition) is 3. The molecule has 0 bridgehead atoms. The third-order valence-corrected chi connectivity index (χ3v) is 5.28. The highest BCUT2D eigenvalue weighted by atomic mass is 16.5. The Morgan fingerprint density at radius 3 is 2.45 bits per heavy atom. The van der Waals surface area contributed by atoms with E-state index in [1.54, 1.807) is 0 Å². The zero-order valence-electron chi connectivity index (χ0n) is 18.5. The van der Waals surface area contributed by atoms with Crippen LogP contribution in [-0.4, -0.2) is 61.0 Å². The highest BCUT2D eigenvalue weighted by molar-refractivity contribution is 5.79. The van der Waals surface area contributed by atoms with Crippen LogP contribution in [0.3, 0.4) is 0 Å². The fraction of sp³-hybridized carbons (Fsp3) is 0.696. The topological polar surface area (TPSA) is 69.1 Å². The highest BCUT2D eigenvalue weighted by Gasteiger charge is 2.24. The summed E-state index contributed by atoms with van der Waals surface area (Å²) in [6.07, 6.45) is 3.55. The molecule has 0 unspecified atom stereocenters. The van der Waals surface area contributed by atoms with Crippen LogP contribution in [0.4, 0.5) is 0 Å². The van der Waals surface area contributed by atoms with Gasteiger partial charge in [-0.3, -0.25) is 4.90 Å². The van der Waals surface area contributed by atoms with Gasteiger partial charge >= 0.3 is 0 Å². The molecule has 29 heavy (non-hydrogen) atoms. The third-order valence-electron chi connectivity index (χ3n) is 5.28. The molecule has 1 saturated heterocycles. The molecule has 0 saturated carbocycles. The van der Waals surface area contributed by atoms with Crippen LogP contribution in [-0.2, 0) is 17.8 Å². The first-order valence-corrected chi connectivity index (χ1v) is 11.2. The zero-order chi connectivity index (χ0) is 21.0. The van der Waals surface area contributed by atoms with Crippen LogP contribution < -0.4 is 10.6 Å². The van der Waals surface area contributed by atoms with E-state index in [-0.39, 0.29) is 0 Å². The molecule has 0 aromatic heterocycles. The fourth-order valence-corrected chi connectivity index (χ4v) is 3.84. The Morgan fingerprint density at radius 2 is 1.79 bits per heavy atom. The van der Waals surface area contributed by atoms with Crippen LogP contribution in [0.1, 0.15) is 57.6 Å². The Morgan fingerprint density at radius 1 is 1.10 bits per heavy atom. The van der Waals surface area contributed by atoms with Gasteiger partial charge < -0.3 is 20.5 Å². The Hall–Kier alpha value is -1.63. The summed E-state index contributed by atoms with van der Waals surface area (Å²) in [7, 11) is 0. The van der Waals surface area contributed by atoms with E-state index in [1.165, 1.54) is 11.1 Å². The second-order valence-electron chi connectivity index (χ2n) is 7.98. The first kappa shape index (κ1) is 23.6. The van der Waals surface area contributed by atoms with Crippen molar-refractivity contribution in [3.63, 3.8) is 0 Å². The van der Waals surface area contributed by atoms with Crippen LogP contribution in [0.25, 0.3) is 0 Å². The molecule has 1 fully saturated rings. The van der Waals surface area contributed by atoms with E-state index < -0.39 is 5.60 Å².